The second-order valence-corrected chi connectivity index (χ2v) is 6.36. The molecule has 140 valence electrons. The molecule has 0 saturated heterocycles. The fraction of sp³-hybridized carbons (Fsp3) is 0.158. The lowest BCUT2D eigenvalue weighted by molar-refractivity contribution is -0.113. The van der Waals surface area contributed by atoms with Crippen LogP contribution in [0.1, 0.15) is 18.5 Å². The van der Waals surface area contributed by atoms with Gasteiger partial charge >= 0.3 is 6.03 Å². The average molecular weight is 390 g/mol. The SMILES string of the molecule is COc1ccc(Cl)cc1NC(=O)C1=C(C)NC(=O)N[C@@H]1c1cccc(F)c1. The summed E-state index contributed by atoms with van der Waals surface area (Å²) in [7, 11) is 1.47. The van der Waals surface area contributed by atoms with E-state index in [9.17, 15) is 14.0 Å². The third kappa shape index (κ3) is 4.03. The molecule has 1 aliphatic heterocycles. The first-order valence-corrected chi connectivity index (χ1v) is 8.45. The van der Waals surface area contributed by atoms with E-state index in [1.165, 1.54) is 25.3 Å². The zero-order chi connectivity index (χ0) is 19.6. The van der Waals surface area contributed by atoms with E-state index in [0.717, 1.165) is 0 Å². The zero-order valence-corrected chi connectivity index (χ0v) is 15.4. The van der Waals surface area contributed by atoms with Crippen LogP contribution in [0.15, 0.2) is 53.7 Å². The van der Waals surface area contributed by atoms with Gasteiger partial charge in [0.15, 0.2) is 0 Å². The third-order valence-electron chi connectivity index (χ3n) is 4.11. The summed E-state index contributed by atoms with van der Waals surface area (Å²) in [6.07, 6.45) is 0. The Morgan fingerprint density at radius 2 is 2.04 bits per heavy atom. The number of anilines is 1. The van der Waals surface area contributed by atoms with Gasteiger partial charge in [-0.3, -0.25) is 4.79 Å². The molecule has 3 rings (SSSR count). The molecule has 0 fully saturated rings. The summed E-state index contributed by atoms with van der Waals surface area (Å²) in [6.45, 7) is 1.61. The normalized spacial score (nSPS) is 16.4. The number of halogens is 2. The van der Waals surface area contributed by atoms with E-state index in [0.29, 0.717) is 27.7 Å². The summed E-state index contributed by atoms with van der Waals surface area (Å²) in [5, 5.41) is 8.39. The van der Waals surface area contributed by atoms with Crippen LogP contribution < -0.4 is 20.7 Å². The molecule has 1 aliphatic rings. The molecule has 3 amide bonds. The summed E-state index contributed by atoms with van der Waals surface area (Å²) in [5.41, 5.74) is 1.45. The number of carbonyl (C=O) groups excluding carboxylic acids is 2. The zero-order valence-electron chi connectivity index (χ0n) is 14.6. The highest BCUT2D eigenvalue weighted by Gasteiger charge is 2.31. The number of hydrogen-bond donors (Lipinski definition) is 3. The van der Waals surface area contributed by atoms with Crippen molar-refractivity contribution in [3.8, 4) is 5.75 Å². The van der Waals surface area contributed by atoms with E-state index in [1.54, 1.807) is 31.2 Å². The molecule has 0 unspecified atom stereocenters. The first kappa shape index (κ1) is 18.7. The van der Waals surface area contributed by atoms with Crippen LogP contribution in [0.2, 0.25) is 5.02 Å². The predicted octanol–water partition coefficient (Wildman–Crippen LogP) is 3.75. The minimum atomic E-state index is -0.806. The van der Waals surface area contributed by atoms with Crippen LogP contribution in [0.5, 0.6) is 5.75 Å². The van der Waals surface area contributed by atoms with Gasteiger partial charge in [-0.1, -0.05) is 23.7 Å². The van der Waals surface area contributed by atoms with E-state index in [-0.39, 0.29) is 5.57 Å². The Morgan fingerprint density at radius 1 is 1.26 bits per heavy atom. The number of rotatable bonds is 4. The highest BCUT2D eigenvalue weighted by molar-refractivity contribution is 6.31. The van der Waals surface area contributed by atoms with Crippen LogP contribution in [0.4, 0.5) is 14.9 Å². The first-order valence-electron chi connectivity index (χ1n) is 8.07. The van der Waals surface area contributed by atoms with Gasteiger partial charge in [0.1, 0.15) is 11.6 Å². The van der Waals surface area contributed by atoms with Crippen LogP contribution in [-0.4, -0.2) is 19.0 Å². The van der Waals surface area contributed by atoms with Gasteiger partial charge in [0, 0.05) is 10.7 Å². The molecule has 27 heavy (non-hydrogen) atoms. The number of benzene rings is 2. The summed E-state index contributed by atoms with van der Waals surface area (Å²) >= 11 is 6.00. The summed E-state index contributed by atoms with van der Waals surface area (Å²) in [4.78, 5) is 24.9. The van der Waals surface area contributed by atoms with Crippen molar-refractivity contribution in [3.05, 3.63) is 70.1 Å². The minimum Gasteiger partial charge on any atom is -0.495 e. The quantitative estimate of drug-likeness (QED) is 0.745. The van der Waals surface area contributed by atoms with Gasteiger partial charge in [0.25, 0.3) is 5.91 Å². The number of amides is 3. The van der Waals surface area contributed by atoms with Gasteiger partial charge < -0.3 is 20.7 Å². The largest absolute Gasteiger partial charge is 0.495 e. The molecule has 8 heteroatoms. The molecule has 0 bridgehead atoms. The molecule has 3 N–H and O–H groups in total. The molecule has 1 heterocycles. The first-order chi connectivity index (χ1) is 12.9. The van der Waals surface area contributed by atoms with Gasteiger partial charge in [-0.15, -0.1) is 0 Å². The van der Waals surface area contributed by atoms with E-state index in [1.807, 2.05) is 0 Å². The molecule has 0 aliphatic carbocycles. The molecule has 1 atom stereocenters. The van der Waals surface area contributed by atoms with Crippen molar-refractivity contribution < 1.29 is 18.7 Å². The molecule has 6 nitrogen and oxygen atoms in total. The summed E-state index contributed by atoms with van der Waals surface area (Å²) < 4.78 is 18.9. The van der Waals surface area contributed by atoms with Crippen LogP contribution >= 0.6 is 11.6 Å². The third-order valence-corrected chi connectivity index (χ3v) is 4.34. The lowest BCUT2D eigenvalue weighted by atomic mass is 9.94. The maximum absolute atomic E-state index is 13.7. The Hall–Kier alpha value is -3.06. The highest BCUT2D eigenvalue weighted by Crippen LogP contribution is 2.31. The smallest absolute Gasteiger partial charge is 0.319 e. The molecular weight excluding hydrogens is 373 g/mol. The van der Waals surface area contributed by atoms with Crippen molar-refractivity contribution in [2.24, 2.45) is 0 Å². The average Bonchev–Trinajstić information content (AvgIpc) is 2.61. The predicted molar refractivity (Wildman–Crippen MR) is 100 cm³/mol. The number of allylic oxidation sites excluding steroid dienone is 1. The van der Waals surface area contributed by atoms with E-state index < -0.39 is 23.8 Å². The fourth-order valence-corrected chi connectivity index (χ4v) is 3.07. The highest BCUT2D eigenvalue weighted by atomic mass is 35.5. The van der Waals surface area contributed by atoms with Crippen molar-refractivity contribution in [2.75, 3.05) is 12.4 Å². The Kier molecular flexibility index (Phi) is 5.32. The number of methoxy groups -OCH3 is 1. The molecule has 2 aromatic carbocycles. The lowest BCUT2D eigenvalue weighted by Gasteiger charge is -2.28. The van der Waals surface area contributed by atoms with Gasteiger partial charge in [-0.05, 0) is 42.8 Å². The monoisotopic (exact) mass is 389 g/mol. The maximum atomic E-state index is 13.7. The molecule has 0 aromatic heterocycles. The van der Waals surface area contributed by atoms with Gasteiger partial charge in [0.2, 0.25) is 0 Å². The lowest BCUT2D eigenvalue weighted by Crippen LogP contribution is -2.46. The topological polar surface area (TPSA) is 79.5 Å². The van der Waals surface area contributed by atoms with Crippen LogP contribution in [0.25, 0.3) is 0 Å². The maximum Gasteiger partial charge on any atom is 0.319 e. The summed E-state index contributed by atoms with van der Waals surface area (Å²) in [5.74, 6) is -0.509. The number of carbonyl (C=O) groups is 2. The van der Waals surface area contributed by atoms with Crippen LogP contribution in [0.3, 0.4) is 0 Å². The second kappa shape index (κ2) is 7.67. The van der Waals surface area contributed by atoms with Crippen molar-refractivity contribution in [1.29, 1.82) is 0 Å². The van der Waals surface area contributed by atoms with Gasteiger partial charge in [-0.2, -0.15) is 0 Å². The molecule has 0 spiro atoms. The van der Waals surface area contributed by atoms with Gasteiger partial charge in [-0.25, -0.2) is 9.18 Å². The molecule has 2 aromatic rings. The van der Waals surface area contributed by atoms with Crippen molar-refractivity contribution in [3.63, 3.8) is 0 Å². The molecule has 0 saturated carbocycles. The van der Waals surface area contributed by atoms with Crippen molar-refractivity contribution in [1.82, 2.24) is 10.6 Å². The van der Waals surface area contributed by atoms with E-state index in [2.05, 4.69) is 16.0 Å². The minimum absolute atomic E-state index is 0.252. The molecular formula is C19H17ClFN3O3. The van der Waals surface area contributed by atoms with E-state index in [4.69, 9.17) is 16.3 Å². The Bertz CT molecular complexity index is 946. The number of hydrogen-bond acceptors (Lipinski definition) is 3. The van der Waals surface area contributed by atoms with Crippen molar-refractivity contribution >= 4 is 29.2 Å². The number of urea groups is 1. The number of ether oxygens (including phenoxy) is 1. The Labute approximate surface area is 160 Å². The van der Waals surface area contributed by atoms with Crippen LogP contribution in [-0.2, 0) is 4.79 Å². The van der Waals surface area contributed by atoms with Crippen molar-refractivity contribution in [2.45, 2.75) is 13.0 Å². The fourth-order valence-electron chi connectivity index (χ4n) is 2.90. The Morgan fingerprint density at radius 3 is 2.74 bits per heavy atom. The number of nitrogens with one attached hydrogen (secondary N) is 3. The second-order valence-electron chi connectivity index (χ2n) is 5.92. The Balaban J connectivity index is 1.98. The molecule has 0 radical (unpaired) electrons. The van der Waals surface area contributed by atoms with E-state index >= 15 is 0 Å². The summed E-state index contributed by atoms with van der Waals surface area (Å²) in [6, 6.07) is 9.27. The standard InChI is InChI=1S/C19H17ClFN3O3/c1-10-16(18(25)23-14-9-12(20)6-7-15(14)27-2)17(24-19(26)22-10)11-4-3-5-13(21)8-11/h3-9,17H,1-2H3,(H,23,25)(H2,22,24,26)/t17-/m1/s1. The van der Waals surface area contributed by atoms with Gasteiger partial charge in [0.05, 0.1) is 24.4 Å². The van der Waals surface area contributed by atoms with Crippen LogP contribution in [0, 0.1) is 5.82 Å².